The molecule has 0 saturated carbocycles. The molecule has 2 heterocycles. The number of carbonyl (C=O) groups excluding carboxylic acids is 1. The van der Waals surface area contributed by atoms with E-state index in [2.05, 4.69) is 0 Å². The van der Waals surface area contributed by atoms with Crippen LogP contribution in [-0.4, -0.2) is 24.0 Å². The Bertz CT molecular complexity index is 885. The molecule has 0 bridgehead atoms. The number of benzene rings is 2. The number of fused-ring (bicyclic) bond motifs is 1. The third kappa shape index (κ3) is 3.22. The number of ketones is 1. The van der Waals surface area contributed by atoms with Gasteiger partial charge >= 0.3 is 0 Å². The monoisotopic (exact) mass is 354 g/mol. The molecule has 2 aromatic rings. The molecule has 134 valence electrons. The summed E-state index contributed by atoms with van der Waals surface area (Å²) in [6.45, 7) is 2.75. The van der Waals surface area contributed by atoms with Gasteiger partial charge in [-0.25, -0.2) is 4.39 Å². The van der Waals surface area contributed by atoms with Crippen LogP contribution < -0.4 is 9.64 Å². The number of rotatable bonds is 3. The first kappa shape index (κ1) is 16.8. The van der Waals surface area contributed by atoms with Crippen LogP contribution in [0.25, 0.3) is 6.08 Å². The summed E-state index contributed by atoms with van der Waals surface area (Å²) in [7, 11) is 0. The van der Waals surface area contributed by atoms with E-state index in [0.717, 1.165) is 13.1 Å². The predicted molar refractivity (Wildman–Crippen MR) is 95.7 cm³/mol. The Morgan fingerprint density at radius 3 is 2.73 bits per heavy atom. The van der Waals surface area contributed by atoms with Gasteiger partial charge in [-0.05, 0) is 55.2 Å². The lowest BCUT2D eigenvalue weighted by atomic mass is 10.0. The quantitative estimate of drug-likeness (QED) is 0.834. The SMILES string of the molecule is O=C1/C(=C/c2cccc(F)c2)Oc2c1ccc(O)c2C[NH+]1CCCCC1. The normalized spacial score (nSPS) is 18.8. The summed E-state index contributed by atoms with van der Waals surface area (Å²) >= 11 is 0. The highest BCUT2D eigenvalue weighted by Gasteiger charge is 2.32. The molecule has 26 heavy (non-hydrogen) atoms. The molecule has 5 heteroatoms. The summed E-state index contributed by atoms with van der Waals surface area (Å²) in [5.41, 5.74) is 1.70. The van der Waals surface area contributed by atoms with Crippen molar-refractivity contribution in [3.63, 3.8) is 0 Å². The Hall–Kier alpha value is -2.66. The van der Waals surface area contributed by atoms with Crippen molar-refractivity contribution in [3.8, 4) is 11.5 Å². The van der Waals surface area contributed by atoms with Crippen LogP contribution >= 0.6 is 0 Å². The third-order valence-electron chi connectivity index (χ3n) is 5.05. The average molecular weight is 354 g/mol. The molecular formula is C21H21FNO3+. The largest absolute Gasteiger partial charge is 0.507 e. The second kappa shape index (κ2) is 6.92. The first-order valence-corrected chi connectivity index (χ1v) is 9.00. The Labute approximate surface area is 151 Å². The van der Waals surface area contributed by atoms with Crippen LogP contribution in [0.2, 0.25) is 0 Å². The zero-order chi connectivity index (χ0) is 18.1. The average Bonchev–Trinajstić information content (AvgIpc) is 2.95. The number of piperidine rings is 1. The number of likely N-dealkylation sites (tertiary alicyclic amines) is 1. The van der Waals surface area contributed by atoms with Crippen LogP contribution in [0.4, 0.5) is 4.39 Å². The Morgan fingerprint density at radius 2 is 1.96 bits per heavy atom. The molecule has 4 nitrogen and oxygen atoms in total. The number of phenolic OH excluding ortho intramolecular Hbond substituents is 1. The van der Waals surface area contributed by atoms with Crippen molar-refractivity contribution in [2.75, 3.05) is 13.1 Å². The molecule has 2 aliphatic heterocycles. The van der Waals surface area contributed by atoms with E-state index >= 15 is 0 Å². The van der Waals surface area contributed by atoms with Gasteiger partial charge in [0.1, 0.15) is 18.1 Å². The highest BCUT2D eigenvalue weighted by Crippen LogP contribution is 2.39. The molecule has 2 aliphatic rings. The van der Waals surface area contributed by atoms with Crippen LogP contribution in [0.5, 0.6) is 11.5 Å². The molecule has 0 atom stereocenters. The van der Waals surface area contributed by atoms with Crippen molar-refractivity contribution in [2.24, 2.45) is 0 Å². The predicted octanol–water partition coefficient (Wildman–Crippen LogP) is 2.72. The maximum atomic E-state index is 13.4. The van der Waals surface area contributed by atoms with E-state index in [1.165, 1.54) is 36.3 Å². The fourth-order valence-corrected chi connectivity index (χ4v) is 3.69. The number of aromatic hydroxyl groups is 1. The van der Waals surface area contributed by atoms with E-state index in [1.54, 1.807) is 30.3 Å². The van der Waals surface area contributed by atoms with Crippen molar-refractivity contribution in [1.82, 2.24) is 0 Å². The molecule has 1 saturated heterocycles. The minimum atomic E-state index is -0.366. The van der Waals surface area contributed by atoms with Crippen molar-refractivity contribution >= 4 is 11.9 Å². The summed E-state index contributed by atoms with van der Waals surface area (Å²) in [5.74, 6) is 0.150. The maximum Gasteiger partial charge on any atom is 0.231 e. The van der Waals surface area contributed by atoms with Crippen molar-refractivity contribution in [1.29, 1.82) is 0 Å². The highest BCUT2D eigenvalue weighted by atomic mass is 19.1. The Morgan fingerprint density at radius 1 is 1.15 bits per heavy atom. The van der Waals surface area contributed by atoms with Crippen LogP contribution in [0.1, 0.15) is 40.7 Å². The standard InChI is InChI=1S/C21H20FNO3/c22-15-6-4-5-14(11-15)12-19-20(25)16-7-8-18(24)17(21(16)26-19)13-23-9-2-1-3-10-23/h4-8,11-12,24H,1-3,9-10,13H2/p+1/b19-12-. The van der Waals surface area contributed by atoms with Gasteiger partial charge in [0.05, 0.1) is 24.2 Å². The van der Waals surface area contributed by atoms with Gasteiger partial charge in [-0.15, -0.1) is 0 Å². The van der Waals surface area contributed by atoms with Crippen molar-refractivity contribution in [2.45, 2.75) is 25.8 Å². The highest BCUT2D eigenvalue weighted by molar-refractivity contribution is 6.14. The van der Waals surface area contributed by atoms with E-state index in [-0.39, 0.29) is 23.1 Å². The number of nitrogens with one attached hydrogen (secondary N) is 1. The smallest absolute Gasteiger partial charge is 0.231 e. The van der Waals surface area contributed by atoms with E-state index in [0.29, 0.717) is 29.0 Å². The molecule has 0 aliphatic carbocycles. The summed E-state index contributed by atoms with van der Waals surface area (Å²) in [4.78, 5) is 14.1. The first-order chi connectivity index (χ1) is 12.6. The van der Waals surface area contributed by atoms with Gasteiger partial charge in [-0.1, -0.05) is 12.1 Å². The number of hydrogen-bond donors (Lipinski definition) is 2. The summed E-state index contributed by atoms with van der Waals surface area (Å²) in [6, 6.07) is 9.16. The zero-order valence-electron chi connectivity index (χ0n) is 14.4. The van der Waals surface area contributed by atoms with Gasteiger partial charge in [0.2, 0.25) is 5.78 Å². The number of halogens is 1. The van der Waals surface area contributed by atoms with E-state index in [1.807, 2.05) is 0 Å². The van der Waals surface area contributed by atoms with Crippen molar-refractivity contribution < 1.29 is 23.9 Å². The number of hydrogen-bond acceptors (Lipinski definition) is 3. The summed E-state index contributed by atoms with van der Waals surface area (Å²) in [5, 5.41) is 10.3. The van der Waals surface area contributed by atoms with Gasteiger partial charge in [0.25, 0.3) is 0 Å². The zero-order valence-corrected chi connectivity index (χ0v) is 14.4. The van der Waals surface area contributed by atoms with Crippen LogP contribution in [-0.2, 0) is 6.54 Å². The molecule has 0 unspecified atom stereocenters. The molecule has 2 aromatic carbocycles. The lowest BCUT2D eigenvalue weighted by molar-refractivity contribution is -0.918. The number of phenols is 1. The molecule has 0 spiro atoms. The van der Waals surface area contributed by atoms with Gasteiger partial charge in [0.15, 0.2) is 11.5 Å². The molecule has 4 rings (SSSR count). The molecular weight excluding hydrogens is 333 g/mol. The summed E-state index contributed by atoms with van der Waals surface area (Å²) < 4.78 is 19.2. The Balaban J connectivity index is 1.66. The number of ether oxygens (including phenoxy) is 1. The lowest BCUT2D eigenvalue weighted by Gasteiger charge is -2.24. The van der Waals surface area contributed by atoms with Gasteiger partial charge in [-0.2, -0.15) is 0 Å². The molecule has 0 aromatic heterocycles. The first-order valence-electron chi connectivity index (χ1n) is 9.00. The van der Waals surface area contributed by atoms with Crippen LogP contribution in [0, 0.1) is 5.82 Å². The molecule has 2 N–H and O–H groups in total. The molecule has 1 fully saturated rings. The minimum absolute atomic E-state index is 0.154. The number of carbonyl (C=O) groups is 1. The second-order valence-electron chi connectivity index (χ2n) is 6.92. The fraction of sp³-hybridized carbons (Fsp3) is 0.286. The maximum absolute atomic E-state index is 13.4. The van der Waals surface area contributed by atoms with E-state index in [9.17, 15) is 14.3 Å². The number of quaternary nitrogens is 1. The van der Waals surface area contributed by atoms with E-state index < -0.39 is 0 Å². The van der Waals surface area contributed by atoms with Crippen molar-refractivity contribution in [3.05, 3.63) is 64.7 Å². The van der Waals surface area contributed by atoms with Crippen LogP contribution in [0.3, 0.4) is 0 Å². The topological polar surface area (TPSA) is 51.0 Å². The van der Waals surface area contributed by atoms with Crippen LogP contribution in [0.15, 0.2) is 42.2 Å². The number of allylic oxidation sites excluding steroid dienone is 1. The third-order valence-corrected chi connectivity index (χ3v) is 5.05. The Kier molecular flexibility index (Phi) is 4.47. The molecule has 0 radical (unpaired) electrons. The molecule has 0 amide bonds. The lowest BCUT2D eigenvalue weighted by Crippen LogP contribution is -3.11. The minimum Gasteiger partial charge on any atom is -0.507 e. The van der Waals surface area contributed by atoms with Gasteiger partial charge in [0, 0.05) is 0 Å². The second-order valence-corrected chi connectivity index (χ2v) is 6.92. The van der Waals surface area contributed by atoms with Gasteiger partial charge in [-0.3, -0.25) is 4.79 Å². The fourth-order valence-electron chi connectivity index (χ4n) is 3.69. The summed E-state index contributed by atoms with van der Waals surface area (Å²) in [6.07, 6.45) is 5.14. The van der Waals surface area contributed by atoms with E-state index in [4.69, 9.17) is 4.74 Å². The van der Waals surface area contributed by atoms with Gasteiger partial charge < -0.3 is 14.7 Å². The number of Topliss-reactive ketones (excluding diaryl/α,β-unsaturated/α-hetero) is 1.